The van der Waals surface area contributed by atoms with Crippen molar-refractivity contribution in [3.63, 3.8) is 0 Å². The van der Waals surface area contributed by atoms with Crippen molar-refractivity contribution in [3.05, 3.63) is 29.5 Å². The molecule has 108 valence electrons. The highest BCUT2D eigenvalue weighted by atomic mass is 35.5. The highest BCUT2D eigenvalue weighted by molar-refractivity contribution is 5.88. The first-order valence-electron chi connectivity index (χ1n) is 6.94. The first-order chi connectivity index (χ1) is 9.33. The van der Waals surface area contributed by atoms with Crippen LogP contribution in [0.25, 0.3) is 10.9 Å². The highest BCUT2D eigenvalue weighted by Gasteiger charge is 2.16. The van der Waals surface area contributed by atoms with Crippen LogP contribution in [-0.2, 0) is 17.6 Å². The number of fused-ring (bicyclic) bond motifs is 3. The number of aryl methyl sites for hydroxylation is 2. The predicted octanol–water partition coefficient (Wildman–Crippen LogP) is 2.96. The Hall–Kier alpha value is -1.68. The van der Waals surface area contributed by atoms with Crippen LogP contribution in [0.5, 0.6) is 0 Å². The minimum Gasteiger partial charge on any atom is -0.358 e. The molecular weight excluding hydrogens is 274 g/mol. The maximum absolute atomic E-state index is 10.6. The molecular formula is C15H20ClN3O. The van der Waals surface area contributed by atoms with Crippen molar-refractivity contribution in [2.24, 2.45) is 0 Å². The summed E-state index contributed by atoms with van der Waals surface area (Å²) in [6.07, 6.45) is 5.59. The summed E-state index contributed by atoms with van der Waals surface area (Å²) < 4.78 is 0. The number of halogens is 1. The summed E-state index contributed by atoms with van der Waals surface area (Å²) >= 11 is 0. The molecule has 20 heavy (non-hydrogen) atoms. The number of rotatable bonds is 4. The van der Waals surface area contributed by atoms with E-state index in [-0.39, 0.29) is 12.4 Å². The second-order valence-electron chi connectivity index (χ2n) is 5.01. The van der Waals surface area contributed by atoms with E-state index in [9.17, 15) is 4.79 Å². The molecule has 1 aromatic carbocycles. The van der Waals surface area contributed by atoms with Crippen molar-refractivity contribution in [1.82, 2.24) is 10.4 Å². The second kappa shape index (κ2) is 6.18. The Labute approximate surface area is 124 Å². The lowest BCUT2D eigenvalue weighted by Gasteiger charge is -2.21. The first-order valence-corrected chi connectivity index (χ1v) is 6.94. The zero-order chi connectivity index (χ0) is 13.2. The van der Waals surface area contributed by atoms with Crippen LogP contribution >= 0.6 is 12.4 Å². The standard InChI is InChI=1S/C15H19N3O.ClH/c1-2-18(16-10-19)11-7-8-15-13(9-11)12-5-3-4-6-14(12)17-15;/h7-10,17H,2-6H2,1H3,(H,16,19);1H. The van der Waals surface area contributed by atoms with Gasteiger partial charge in [0.2, 0.25) is 6.41 Å². The molecule has 4 nitrogen and oxygen atoms in total. The van der Waals surface area contributed by atoms with Gasteiger partial charge in [0.1, 0.15) is 0 Å². The quantitative estimate of drug-likeness (QED) is 0.672. The van der Waals surface area contributed by atoms with E-state index in [1.807, 2.05) is 18.0 Å². The fraction of sp³-hybridized carbons (Fsp3) is 0.400. The number of anilines is 1. The van der Waals surface area contributed by atoms with E-state index in [4.69, 9.17) is 0 Å². The van der Waals surface area contributed by atoms with Gasteiger partial charge in [0.05, 0.1) is 5.69 Å². The Morgan fingerprint density at radius 3 is 2.90 bits per heavy atom. The molecule has 0 aliphatic heterocycles. The first kappa shape index (κ1) is 14.7. The molecule has 0 atom stereocenters. The summed E-state index contributed by atoms with van der Waals surface area (Å²) in [5.74, 6) is 0. The molecule has 1 aromatic heterocycles. The molecule has 0 unspecified atom stereocenters. The summed E-state index contributed by atoms with van der Waals surface area (Å²) in [4.78, 5) is 14.2. The van der Waals surface area contributed by atoms with Crippen LogP contribution in [0.15, 0.2) is 18.2 Å². The van der Waals surface area contributed by atoms with Gasteiger partial charge in [-0.15, -0.1) is 12.4 Å². The van der Waals surface area contributed by atoms with Gasteiger partial charge in [-0.1, -0.05) is 0 Å². The molecule has 0 fully saturated rings. The van der Waals surface area contributed by atoms with E-state index >= 15 is 0 Å². The van der Waals surface area contributed by atoms with Crippen LogP contribution in [0.4, 0.5) is 5.69 Å². The lowest BCUT2D eigenvalue weighted by Crippen LogP contribution is -2.36. The number of aromatic nitrogens is 1. The van der Waals surface area contributed by atoms with Crippen molar-refractivity contribution in [2.75, 3.05) is 11.6 Å². The molecule has 0 saturated carbocycles. The van der Waals surface area contributed by atoms with Gasteiger partial charge in [-0.05, 0) is 56.4 Å². The van der Waals surface area contributed by atoms with E-state index in [0.29, 0.717) is 0 Å². The SMILES string of the molecule is CCN(NC=O)c1ccc2[nH]c3c(c2c1)CCCC3.Cl. The molecule has 2 N–H and O–H groups in total. The van der Waals surface area contributed by atoms with Gasteiger partial charge in [0, 0.05) is 23.1 Å². The number of hydrogen-bond donors (Lipinski definition) is 2. The molecule has 3 rings (SSSR count). The van der Waals surface area contributed by atoms with Gasteiger partial charge in [-0.3, -0.25) is 15.2 Å². The van der Waals surface area contributed by atoms with Gasteiger partial charge in [-0.25, -0.2) is 0 Å². The second-order valence-corrected chi connectivity index (χ2v) is 5.01. The van der Waals surface area contributed by atoms with Gasteiger partial charge in [0.15, 0.2) is 0 Å². The Bertz CT molecular complexity index is 608. The van der Waals surface area contributed by atoms with E-state index in [1.54, 1.807) is 0 Å². The maximum Gasteiger partial charge on any atom is 0.225 e. The third-order valence-corrected chi connectivity index (χ3v) is 3.92. The van der Waals surface area contributed by atoms with E-state index in [0.717, 1.165) is 31.5 Å². The topological polar surface area (TPSA) is 48.1 Å². The summed E-state index contributed by atoms with van der Waals surface area (Å²) in [5, 5.41) is 3.16. The minimum absolute atomic E-state index is 0. The van der Waals surface area contributed by atoms with Crippen molar-refractivity contribution < 1.29 is 4.79 Å². The van der Waals surface area contributed by atoms with Crippen molar-refractivity contribution in [1.29, 1.82) is 0 Å². The van der Waals surface area contributed by atoms with Crippen LogP contribution < -0.4 is 10.4 Å². The number of carbonyl (C=O) groups excluding carboxylic acids is 1. The van der Waals surface area contributed by atoms with Gasteiger partial charge >= 0.3 is 0 Å². The Morgan fingerprint density at radius 2 is 2.15 bits per heavy atom. The molecule has 0 bridgehead atoms. The Kier molecular flexibility index (Phi) is 4.55. The Balaban J connectivity index is 0.00000147. The molecule has 0 saturated heterocycles. The number of nitrogens with zero attached hydrogens (tertiary/aromatic N) is 1. The number of H-pyrrole nitrogens is 1. The molecule has 5 heteroatoms. The molecule has 1 aliphatic rings. The molecule has 0 spiro atoms. The van der Waals surface area contributed by atoms with Gasteiger partial charge < -0.3 is 4.98 Å². The molecule has 0 radical (unpaired) electrons. The predicted molar refractivity (Wildman–Crippen MR) is 84.4 cm³/mol. The van der Waals surface area contributed by atoms with Gasteiger partial charge in [-0.2, -0.15) is 0 Å². The zero-order valence-electron chi connectivity index (χ0n) is 11.6. The highest BCUT2D eigenvalue weighted by Crippen LogP contribution is 2.31. The van der Waals surface area contributed by atoms with Crippen molar-refractivity contribution in [2.45, 2.75) is 32.6 Å². The average molecular weight is 294 g/mol. The Morgan fingerprint density at radius 1 is 1.35 bits per heavy atom. The number of aromatic amines is 1. The lowest BCUT2D eigenvalue weighted by molar-refractivity contribution is -0.109. The molecule has 2 aromatic rings. The summed E-state index contributed by atoms with van der Waals surface area (Å²) in [6.45, 7) is 2.77. The van der Waals surface area contributed by atoms with Crippen LogP contribution in [0, 0.1) is 0 Å². The van der Waals surface area contributed by atoms with Crippen molar-refractivity contribution >= 4 is 35.4 Å². The van der Waals surface area contributed by atoms with E-state index in [2.05, 4.69) is 22.5 Å². The van der Waals surface area contributed by atoms with Crippen LogP contribution in [0.1, 0.15) is 31.0 Å². The number of amides is 1. The normalized spacial score (nSPS) is 13.4. The maximum atomic E-state index is 10.6. The fourth-order valence-electron chi connectivity index (χ4n) is 2.97. The summed E-state index contributed by atoms with van der Waals surface area (Å²) in [7, 11) is 0. The molecule has 1 amide bonds. The van der Waals surface area contributed by atoms with Crippen LogP contribution in [0.2, 0.25) is 0 Å². The summed E-state index contributed by atoms with van der Waals surface area (Å²) in [6, 6.07) is 6.33. The fourth-order valence-corrected chi connectivity index (χ4v) is 2.97. The number of hydrazine groups is 1. The van der Waals surface area contributed by atoms with Crippen molar-refractivity contribution in [3.8, 4) is 0 Å². The molecule has 1 heterocycles. The lowest BCUT2D eigenvalue weighted by atomic mass is 9.95. The molecule has 1 aliphatic carbocycles. The number of hydrogen-bond acceptors (Lipinski definition) is 2. The van der Waals surface area contributed by atoms with Crippen LogP contribution in [-0.4, -0.2) is 17.9 Å². The number of nitrogens with one attached hydrogen (secondary N) is 2. The van der Waals surface area contributed by atoms with E-state index in [1.165, 1.54) is 35.0 Å². The van der Waals surface area contributed by atoms with Crippen LogP contribution in [0.3, 0.4) is 0 Å². The minimum atomic E-state index is 0. The zero-order valence-corrected chi connectivity index (χ0v) is 12.4. The monoisotopic (exact) mass is 293 g/mol. The average Bonchev–Trinajstić information content (AvgIpc) is 2.82. The third kappa shape index (κ3) is 2.48. The number of carbonyl (C=O) groups is 1. The number of benzene rings is 1. The van der Waals surface area contributed by atoms with Gasteiger partial charge in [0.25, 0.3) is 0 Å². The smallest absolute Gasteiger partial charge is 0.225 e. The largest absolute Gasteiger partial charge is 0.358 e. The third-order valence-electron chi connectivity index (χ3n) is 3.92. The van der Waals surface area contributed by atoms with E-state index < -0.39 is 0 Å². The summed E-state index contributed by atoms with van der Waals surface area (Å²) in [5.41, 5.74) is 7.83.